The van der Waals surface area contributed by atoms with E-state index < -0.39 is 18.7 Å². The summed E-state index contributed by atoms with van der Waals surface area (Å²) in [5.74, 6) is -0.850. The van der Waals surface area contributed by atoms with E-state index in [1.807, 2.05) is 0 Å². The van der Waals surface area contributed by atoms with Gasteiger partial charge in [-0.1, -0.05) is 23.7 Å². The zero-order chi connectivity index (χ0) is 11.3. The average Bonchev–Trinajstić information content (AvgIpc) is 2.25. The molecule has 0 fully saturated rings. The van der Waals surface area contributed by atoms with Crippen LogP contribution in [0, 0.1) is 0 Å². The standard InChI is InChI=1S/C10H11ClO4/c11-8-3-1-2-7(4-8)6-15-10(14)9(13)5-12/h1-4,9,12-13H,5-6H2. The Labute approximate surface area is 92.1 Å². The van der Waals surface area contributed by atoms with Crippen LogP contribution in [0.3, 0.4) is 0 Å². The Bertz CT molecular complexity index is 340. The van der Waals surface area contributed by atoms with E-state index in [-0.39, 0.29) is 6.61 Å². The Balaban J connectivity index is 2.47. The first kappa shape index (κ1) is 12.0. The van der Waals surface area contributed by atoms with Crippen molar-refractivity contribution in [2.45, 2.75) is 12.7 Å². The molecule has 82 valence electrons. The lowest BCUT2D eigenvalue weighted by atomic mass is 10.2. The quantitative estimate of drug-likeness (QED) is 0.749. The topological polar surface area (TPSA) is 66.8 Å². The zero-order valence-corrected chi connectivity index (χ0v) is 8.65. The molecule has 0 saturated heterocycles. The van der Waals surface area contributed by atoms with Gasteiger partial charge < -0.3 is 14.9 Å². The van der Waals surface area contributed by atoms with Crippen molar-refractivity contribution >= 4 is 17.6 Å². The maximum atomic E-state index is 11.0. The van der Waals surface area contributed by atoms with Crippen molar-refractivity contribution in [1.82, 2.24) is 0 Å². The molecule has 1 rings (SSSR count). The van der Waals surface area contributed by atoms with Gasteiger partial charge in [0.25, 0.3) is 0 Å². The van der Waals surface area contributed by atoms with Gasteiger partial charge in [0.15, 0.2) is 6.10 Å². The number of aliphatic hydroxyl groups excluding tert-OH is 2. The smallest absolute Gasteiger partial charge is 0.337 e. The van der Waals surface area contributed by atoms with E-state index in [1.54, 1.807) is 24.3 Å². The average molecular weight is 231 g/mol. The van der Waals surface area contributed by atoms with Crippen LogP contribution >= 0.6 is 11.6 Å². The number of esters is 1. The van der Waals surface area contributed by atoms with Crippen LogP contribution in [0.1, 0.15) is 5.56 Å². The van der Waals surface area contributed by atoms with Crippen molar-refractivity contribution < 1.29 is 19.7 Å². The first-order chi connectivity index (χ1) is 7.13. The molecule has 0 heterocycles. The highest BCUT2D eigenvalue weighted by Crippen LogP contribution is 2.11. The van der Waals surface area contributed by atoms with E-state index in [4.69, 9.17) is 26.6 Å². The second kappa shape index (κ2) is 5.70. The van der Waals surface area contributed by atoms with Crippen molar-refractivity contribution in [3.05, 3.63) is 34.9 Å². The molecule has 0 radical (unpaired) electrons. The molecule has 0 spiro atoms. The Hall–Kier alpha value is -1.10. The van der Waals surface area contributed by atoms with Crippen LogP contribution in [0.4, 0.5) is 0 Å². The molecule has 1 atom stereocenters. The van der Waals surface area contributed by atoms with Gasteiger partial charge in [-0.05, 0) is 17.7 Å². The third-order valence-corrected chi connectivity index (χ3v) is 1.95. The number of aliphatic hydroxyl groups is 2. The lowest BCUT2D eigenvalue weighted by molar-refractivity contribution is -0.156. The predicted octanol–water partition coefficient (Wildman–Crippen LogP) is 0.736. The molecule has 0 amide bonds. The molecule has 1 aromatic carbocycles. The molecule has 0 bridgehead atoms. The Morgan fingerprint density at radius 2 is 2.27 bits per heavy atom. The highest BCUT2D eigenvalue weighted by Gasteiger charge is 2.14. The fraction of sp³-hybridized carbons (Fsp3) is 0.300. The van der Waals surface area contributed by atoms with Gasteiger partial charge in [-0.15, -0.1) is 0 Å². The lowest BCUT2D eigenvalue weighted by Crippen LogP contribution is -2.26. The first-order valence-electron chi connectivity index (χ1n) is 4.33. The van der Waals surface area contributed by atoms with Gasteiger partial charge in [-0.3, -0.25) is 0 Å². The second-order valence-corrected chi connectivity index (χ2v) is 3.37. The lowest BCUT2D eigenvalue weighted by Gasteiger charge is -2.08. The number of carbonyl (C=O) groups is 1. The third-order valence-electron chi connectivity index (χ3n) is 1.72. The molecule has 0 aliphatic heterocycles. The molecule has 4 nitrogen and oxygen atoms in total. The monoisotopic (exact) mass is 230 g/mol. The van der Waals surface area contributed by atoms with E-state index in [0.29, 0.717) is 5.02 Å². The van der Waals surface area contributed by atoms with Gasteiger partial charge >= 0.3 is 5.97 Å². The van der Waals surface area contributed by atoms with E-state index in [9.17, 15) is 4.79 Å². The molecule has 0 aromatic heterocycles. The fourth-order valence-electron chi connectivity index (χ4n) is 0.952. The minimum Gasteiger partial charge on any atom is -0.459 e. The van der Waals surface area contributed by atoms with Gasteiger partial charge in [-0.2, -0.15) is 0 Å². The van der Waals surface area contributed by atoms with Crippen LogP contribution in [0.25, 0.3) is 0 Å². The van der Waals surface area contributed by atoms with Crippen LogP contribution < -0.4 is 0 Å². The van der Waals surface area contributed by atoms with Crippen LogP contribution in [-0.4, -0.2) is 28.9 Å². The summed E-state index contributed by atoms with van der Waals surface area (Å²) in [4.78, 5) is 11.0. The number of hydrogen-bond donors (Lipinski definition) is 2. The predicted molar refractivity (Wildman–Crippen MR) is 54.3 cm³/mol. The number of benzene rings is 1. The molecule has 0 aliphatic carbocycles. The molecule has 15 heavy (non-hydrogen) atoms. The summed E-state index contributed by atoms with van der Waals surface area (Å²) < 4.78 is 4.73. The Morgan fingerprint density at radius 1 is 1.53 bits per heavy atom. The Kier molecular flexibility index (Phi) is 4.55. The number of hydrogen-bond acceptors (Lipinski definition) is 4. The fourth-order valence-corrected chi connectivity index (χ4v) is 1.16. The van der Waals surface area contributed by atoms with Gasteiger partial charge in [0, 0.05) is 5.02 Å². The number of rotatable bonds is 4. The normalized spacial score (nSPS) is 12.2. The van der Waals surface area contributed by atoms with Crippen molar-refractivity contribution in [2.24, 2.45) is 0 Å². The number of ether oxygens (including phenoxy) is 1. The number of halogens is 1. The summed E-state index contributed by atoms with van der Waals surface area (Å²) in [5.41, 5.74) is 0.723. The second-order valence-electron chi connectivity index (χ2n) is 2.94. The van der Waals surface area contributed by atoms with Crippen LogP contribution in [0.15, 0.2) is 24.3 Å². The highest BCUT2D eigenvalue weighted by molar-refractivity contribution is 6.30. The Morgan fingerprint density at radius 3 is 2.87 bits per heavy atom. The van der Waals surface area contributed by atoms with Gasteiger partial charge in [0.1, 0.15) is 6.61 Å². The first-order valence-corrected chi connectivity index (χ1v) is 4.71. The van der Waals surface area contributed by atoms with Gasteiger partial charge in [-0.25, -0.2) is 4.79 Å². The van der Waals surface area contributed by atoms with Gasteiger partial charge in [0.05, 0.1) is 6.61 Å². The van der Waals surface area contributed by atoms with E-state index in [2.05, 4.69) is 0 Å². The van der Waals surface area contributed by atoms with Crippen molar-refractivity contribution in [3.8, 4) is 0 Å². The largest absolute Gasteiger partial charge is 0.459 e. The van der Waals surface area contributed by atoms with E-state index in [1.165, 1.54) is 0 Å². The summed E-state index contributed by atoms with van der Waals surface area (Å²) in [6.45, 7) is -0.620. The molecular weight excluding hydrogens is 220 g/mol. The van der Waals surface area contributed by atoms with Crippen LogP contribution in [0.5, 0.6) is 0 Å². The van der Waals surface area contributed by atoms with Crippen molar-refractivity contribution in [1.29, 1.82) is 0 Å². The van der Waals surface area contributed by atoms with E-state index >= 15 is 0 Å². The zero-order valence-electron chi connectivity index (χ0n) is 7.89. The summed E-state index contributed by atoms with van der Waals surface area (Å²) in [7, 11) is 0. The van der Waals surface area contributed by atoms with Crippen molar-refractivity contribution in [2.75, 3.05) is 6.61 Å². The summed E-state index contributed by atoms with van der Waals surface area (Å²) in [6, 6.07) is 6.83. The molecule has 1 aromatic rings. The third kappa shape index (κ3) is 3.87. The SMILES string of the molecule is O=C(OCc1cccc(Cl)c1)C(O)CO. The minimum absolute atomic E-state index is 0.0243. The maximum Gasteiger partial charge on any atom is 0.337 e. The van der Waals surface area contributed by atoms with Crippen LogP contribution in [-0.2, 0) is 16.1 Å². The summed E-state index contributed by atoms with van der Waals surface area (Å²) in [6.07, 6.45) is -1.48. The summed E-state index contributed by atoms with van der Waals surface area (Å²) in [5, 5.41) is 17.9. The number of carbonyl (C=O) groups excluding carboxylic acids is 1. The highest BCUT2D eigenvalue weighted by atomic mass is 35.5. The molecular formula is C10H11ClO4. The maximum absolute atomic E-state index is 11.0. The van der Waals surface area contributed by atoms with Gasteiger partial charge in [0.2, 0.25) is 0 Å². The van der Waals surface area contributed by atoms with E-state index in [0.717, 1.165) is 5.56 Å². The molecule has 5 heteroatoms. The minimum atomic E-state index is -1.48. The molecule has 0 aliphatic rings. The molecule has 1 unspecified atom stereocenters. The van der Waals surface area contributed by atoms with Crippen LogP contribution in [0.2, 0.25) is 5.02 Å². The van der Waals surface area contributed by atoms with Crippen molar-refractivity contribution in [3.63, 3.8) is 0 Å². The molecule has 2 N–H and O–H groups in total. The molecule has 0 saturated carbocycles. The summed E-state index contributed by atoms with van der Waals surface area (Å²) >= 11 is 5.72.